The fourth-order valence-corrected chi connectivity index (χ4v) is 2.74. The van der Waals surface area contributed by atoms with E-state index < -0.39 is 10.0 Å². The van der Waals surface area contributed by atoms with E-state index in [1.165, 1.54) is 12.1 Å². The van der Waals surface area contributed by atoms with Crippen LogP contribution >= 0.6 is 15.9 Å². The van der Waals surface area contributed by atoms with Gasteiger partial charge in [0, 0.05) is 10.2 Å². The molecule has 0 unspecified atom stereocenters. The number of hydrogen-bond donors (Lipinski definition) is 2. The maximum Gasteiger partial charge on any atom is 0.276 e. The molecule has 0 fully saturated rings. The highest BCUT2D eigenvalue weighted by molar-refractivity contribution is 9.10. The van der Waals surface area contributed by atoms with Crippen LogP contribution in [0.15, 0.2) is 63.0 Å². The number of anilines is 1. The maximum absolute atomic E-state index is 12.1. The molecule has 0 amide bonds. The second-order valence-corrected chi connectivity index (χ2v) is 6.95. The van der Waals surface area contributed by atoms with Gasteiger partial charge in [-0.15, -0.1) is 0 Å². The Morgan fingerprint density at radius 1 is 1.19 bits per heavy atom. The molecule has 2 aromatic rings. The van der Waals surface area contributed by atoms with E-state index in [1.807, 2.05) is 6.07 Å². The van der Waals surface area contributed by atoms with Gasteiger partial charge in [-0.2, -0.15) is 18.4 Å². The lowest BCUT2D eigenvalue weighted by Gasteiger charge is -2.06. The standard InChI is InChI=1S/C14H14BrN3O2S/c1-10(11-3-2-4-13(16)9-11)17-18-21(19,20)14-7-5-12(15)6-8-14/h2-9,18H,16H2,1H3/b17-10+. The summed E-state index contributed by atoms with van der Waals surface area (Å²) in [6.07, 6.45) is 0. The highest BCUT2D eigenvalue weighted by Gasteiger charge is 2.12. The average Bonchev–Trinajstić information content (AvgIpc) is 2.45. The first-order valence-corrected chi connectivity index (χ1v) is 8.34. The molecule has 3 N–H and O–H groups in total. The molecule has 0 aliphatic carbocycles. The van der Waals surface area contributed by atoms with Crippen molar-refractivity contribution in [3.63, 3.8) is 0 Å². The summed E-state index contributed by atoms with van der Waals surface area (Å²) in [5.74, 6) is 0. The van der Waals surface area contributed by atoms with Crippen molar-refractivity contribution < 1.29 is 8.42 Å². The molecule has 7 heteroatoms. The summed E-state index contributed by atoms with van der Waals surface area (Å²) in [5, 5.41) is 3.92. The Morgan fingerprint density at radius 2 is 1.86 bits per heavy atom. The third-order valence-corrected chi connectivity index (χ3v) is 4.51. The predicted molar refractivity (Wildman–Crippen MR) is 87.5 cm³/mol. The quantitative estimate of drug-likeness (QED) is 0.494. The zero-order valence-corrected chi connectivity index (χ0v) is 13.6. The minimum Gasteiger partial charge on any atom is -0.399 e. The number of sulfonamides is 1. The molecule has 5 nitrogen and oxygen atoms in total. The van der Waals surface area contributed by atoms with Crippen molar-refractivity contribution in [3.8, 4) is 0 Å². The average molecular weight is 368 g/mol. The fourth-order valence-electron chi connectivity index (χ4n) is 1.62. The Hall–Kier alpha value is -1.86. The van der Waals surface area contributed by atoms with Crippen LogP contribution in [0.3, 0.4) is 0 Å². The number of rotatable bonds is 4. The first-order valence-electron chi connectivity index (χ1n) is 6.06. The van der Waals surface area contributed by atoms with E-state index in [2.05, 4.69) is 25.9 Å². The molecule has 2 aromatic carbocycles. The lowest BCUT2D eigenvalue weighted by molar-refractivity contribution is 0.584. The molecule has 0 aliphatic rings. The van der Waals surface area contributed by atoms with Gasteiger partial charge in [0.15, 0.2) is 0 Å². The van der Waals surface area contributed by atoms with Gasteiger partial charge in [0.2, 0.25) is 0 Å². The van der Waals surface area contributed by atoms with Crippen molar-refractivity contribution in [1.29, 1.82) is 0 Å². The van der Waals surface area contributed by atoms with Crippen LogP contribution in [-0.2, 0) is 10.0 Å². The molecule has 0 saturated carbocycles. The van der Waals surface area contributed by atoms with Crippen molar-refractivity contribution in [2.24, 2.45) is 5.10 Å². The number of nitrogen functional groups attached to an aromatic ring is 1. The molecule has 0 bridgehead atoms. The topological polar surface area (TPSA) is 84.5 Å². The number of nitrogens with two attached hydrogens (primary N) is 1. The highest BCUT2D eigenvalue weighted by Crippen LogP contribution is 2.14. The highest BCUT2D eigenvalue weighted by atomic mass is 79.9. The molecule has 0 spiro atoms. The van der Waals surface area contributed by atoms with Gasteiger partial charge < -0.3 is 5.73 Å². The molecule has 0 radical (unpaired) electrons. The van der Waals surface area contributed by atoms with E-state index in [1.54, 1.807) is 37.3 Å². The largest absolute Gasteiger partial charge is 0.399 e. The zero-order chi connectivity index (χ0) is 15.5. The summed E-state index contributed by atoms with van der Waals surface area (Å²) < 4.78 is 25.0. The van der Waals surface area contributed by atoms with Crippen LogP contribution in [0.5, 0.6) is 0 Å². The molecule has 0 aromatic heterocycles. The molecule has 0 atom stereocenters. The van der Waals surface area contributed by atoms with Gasteiger partial charge in [0.05, 0.1) is 10.6 Å². The monoisotopic (exact) mass is 367 g/mol. The van der Waals surface area contributed by atoms with E-state index in [4.69, 9.17) is 5.73 Å². The zero-order valence-electron chi connectivity index (χ0n) is 11.2. The number of benzene rings is 2. The van der Waals surface area contributed by atoms with Gasteiger partial charge in [-0.25, -0.2) is 0 Å². The van der Waals surface area contributed by atoms with E-state index in [0.29, 0.717) is 11.4 Å². The molecule has 2 rings (SSSR count). The van der Waals surface area contributed by atoms with Crippen molar-refractivity contribution in [3.05, 3.63) is 58.6 Å². The van der Waals surface area contributed by atoms with Crippen molar-refractivity contribution >= 4 is 37.4 Å². The molecular formula is C14H14BrN3O2S. The smallest absolute Gasteiger partial charge is 0.276 e. The molecule has 0 aliphatic heterocycles. The first kappa shape index (κ1) is 15.5. The second-order valence-electron chi connectivity index (χ2n) is 4.37. The Labute approximate surface area is 132 Å². The number of nitrogens with zero attached hydrogens (tertiary/aromatic N) is 1. The van der Waals surface area contributed by atoms with E-state index in [9.17, 15) is 8.42 Å². The van der Waals surface area contributed by atoms with Crippen LogP contribution in [0.25, 0.3) is 0 Å². The van der Waals surface area contributed by atoms with Crippen molar-refractivity contribution in [1.82, 2.24) is 4.83 Å². The van der Waals surface area contributed by atoms with Gasteiger partial charge in [-0.1, -0.05) is 28.1 Å². The third-order valence-electron chi connectivity index (χ3n) is 2.76. The van der Waals surface area contributed by atoms with Crippen LogP contribution < -0.4 is 10.6 Å². The number of halogens is 1. The Morgan fingerprint density at radius 3 is 2.48 bits per heavy atom. The van der Waals surface area contributed by atoms with Gasteiger partial charge in [-0.3, -0.25) is 0 Å². The summed E-state index contributed by atoms with van der Waals surface area (Å²) in [4.78, 5) is 2.36. The molecular weight excluding hydrogens is 354 g/mol. The number of hydrazone groups is 1. The van der Waals surface area contributed by atoms with E-state index >= 15 is 0 Å². The predicted octanol–water partition coefficient (Wildman–Crippen LogP) is 2.73. The lowest BCUT2D eigenvalue weighted by atomic mass is 10.1. The second kappa shape index (κ2) is 6.28. The summed E-state index contributed by atoms with van der Waals surface area (Å²) in [6, 6.07) is 13.4. The Balaban J connectivity index is 2.21. The first-order chi connectivity index (χ1) is 9.88. The Kier molecular flexibility index (Phi) is 4.64. The minimum atomic E-state index is -3.68. The fraction of sp³-hybridized carbons (Fsp3) is 0.0714. The molecule has 0 heterocycles. The van der Waals surface area contributed by atoms with Crippen molar-refractivity contribution in [2.75, 3.05) is 5.73 Å². The van der Waals surface area contributed by atoms with Gasteiger partial charge in [0.1, 0.15) is 0 Å². The van der Waals surface area contributed by atoms with Crippen LogP contribution in [0.1, 0.15) is 12.5 Å². The van der Waals surface area contributed by atoms with E-state index in [-0.39, 0.29) is 4.90 Å². The minimum absolute atomic E-state index is 0.148. The Bertz CT molecular complexity index is 771. The molecule has 110 valence electrons. The maximum atomic E-state index is 12.1. The summed E-state index contributed by atoms with van der Waals surface area (Å²) in [6.45, 7) is 1.71. The van der Waals surface area contributed by atoms with Crippen LogP contribution in [0, 0.1) is 0 Å². The van der Waals surface area contributed by atoms with Gasteiger partial charge >= 0.3 is 0 Å². The molecule has 21 heavy (non-hydrogen) atoms. The normalized spacial score (nSPS) is 12.2. The summed E-state index contributed by atoms with van der Waals surface area (Å²) in [7, 11) is -3.68. The van der Waals surface area contributed by atoms with Crippen LogP contribution in [-0.4, -0.2) is 14.1 Å². The van der Waals surface area contributed by atoms with Gasteiger partial charge in [0.25, 0.3) is 10.0 Å². The number of nitrogens with one attached hydrogen (secondary N) is 1. The molecule has 0 saturated heterocycles. The van der Waals surface area contributed by atoms with Gasteiger partial charge in [-0.05, 0) is 48.9 Å². The van der Waals surface area contributed by atoms with Crippen LogP contribution in [0.4, 0.5) is 5.69 Å². The summed E-state index contributed by atoms with van der Waals surface area (Å²) >= 11 is 3.26. The van der Waals surface area contributed by atoms with Crippen LogP contribution in [0.2, 0.25) is 0 Å². The third kappa shape index (κ3) is 4.05. The van der Waals surface area contributed by atoms with E-state index in [0.717, 1.165) is 10.0 Å². The SMILES string of the molecule is C/C(=N\NS(=O)(=O)c1ccc(Br)cc1)c1cccc(N)c1. The van der Waals surface area contributed by atoms with Crippen molar-refractivity contribution in [2.45, 2.75) is 11.8 Å². The number of hydrogen-bond acceptors (Lipinski definition) is 4. The summed E-state index contributed by atoms with van der Waals surface area (Å²) in [5.41, 5.74) is 7.57. The lowest BCUT2D eigenvalue weighted by Crippen LogP contribution is -2.19.